The number of benzene rings is 3. The molecule has 1 aliphatic carbocycles. The summed E-state index contributed by atoms with van der Waals surface area (Å²) >= 11 is 0. The van der Waals surface area contributed by atoms with Gasteiger partial charge in [-0.2, -0.15) is 0 Å². The molecule has 2 saturated heterocycles. The lowest BCUT2D eigenvalue weighted by Gasteiger charge is -2.39. The normalized spacial score (nSPS) is 21.9. The quantitative estimate of drug-likeness (QED) is 0.134. The Hall–Kier alpha value is -4.83. The van der Waals surface area contributed by atoms with E-state index >= 15 is 17.7 Å². The lowest BCUT2D eigenvalue weighted by Crippen LogP contribution is -2.48. The van der Waals surface area contributed by atoms with Crippen molar-refractivity contribution in [2.75, 3.05) is 38.2 Å². The molecule has 1 atom stereocenters. The van der Waals surface area contributed by atoms with Crippen molar-refractivity contribution in [1.82, 2.24) is 0 Å². The molecule has 0 saturated carbocycles. The first-order chi connectivity index (χ1) is 22.4. The fraction of sp³-hybridized carbons (Fsp3) is 0.206. The van der Waals surface area contributed by atoms with Gasteiger partial charge in [0.25, 0.3) is 0 Å². The van der Waals surface area contributed by atoms with Gasteiger partial charge in [0.05, 0.1) is 20.2 Å². The van der Waals surface area contributed by atoms with Gasteiger partial charge in [0.1, 0.15) is 23.1 Å². The molecule has 0 aromatic heterocycles. The van der Waals surface area contributed by atoms with Crippen LogP contribution < -0.4 is 15.5 Å². The van der Waals surface area contributed by atoms with E-state index in [9.17, 15) is 23.5 Å². The van der Waals surface area contributed by atoms with E-state index in [0.29, 0.717) is 16.7 Å². The predicted octanol–water partition coefficient (Wildman–Crippen LogP) is 5.14. The van der Waals surface area contributed by atoms with Crippen LogP contribution in [0, 0.1) is 17.5 Å². The van der Waals surface area contributed by atoms with Crippen LogP contribution in [0.5, 0.6) is 0 Å². The number of carbonyl (C=O) groups excluding carboxylic acids is 1. The van der Waals surface area contributed by atoms with E-state index in [1.165, 1.54) is 12.1 Å². The third-order valence-corrected chi connectivity index (χ3v) is 12.0. The number of carboxylic acid groups (broad SMARTS) is 1. The van der Waals surface area contributed by atoms with Crippen molar-refractivity contribution in [3.63, 3.8) is 0 Å². The molecule has 47 heavy (non-hydrogen) atoms. The number of esters is 1. The van der Waals surface area contributed by atoms with Crippen LogP contribution in [0.2, 0.25) is 0 Å². The molecule has 0 radical (unpaired) electrons. The average molecular weight is 668 g/mol. The first kappa shape index (κ1) is 30.8. The number of ether oxygens (including phenoxy) is 1. The zero-order chi connectivity index (χ0) is 33.4. The molecule has 3 heterocycles. The topological polar surface area (TPSA) is 86.9 Å². The SMILES string of the molecule is COC(=O)c1c(F)c(F)c(C(=O)O)c(C2=C3C=CC(=[N+]4CC(F)C4)C=C3P(=O)(c3ccccc3)c3cc(N4CC(F)C4)ccc32)c1F. The minimum atomic E-state index is -3.94. The summed E-state index contributed by atoms with van der Waals surface area (Å²) in [5.74, 6) is -9.30. The Kier molecular flexibility index (Phi) is 7.31. The zero-order valence-electron chi connectivity index (χ0n) is 24.6. The molecule has 7 rings (SSSR count). The number of aromatic carboxylic acids is 1. The molecule has 3 aromatic rings. The van der Waals surface area contributed by atoms with Crippen LogP contribution in [0.1, 0.15) is 31.8 Å². The summed E-state index contributed by atoms with van der Waals surface area (Å²) in [4.78, 5) is 26.7. The maximum atomic E-state index is 16.5. The number of fused-ring (bicyclic) bond motifs is 2. The second-order valence-corrected chi connectivity index (χ2v) is 14.3. The molecular weight excluding hydrogens is 642 g/mol. The van der Waals surface area contributed by atoms with Crippen LogP contribution in [0.25, 0.3) is 5.57 Å². The van der Waals surface area contributed by atoms with E-state index in [-0.39, 0.29) is 53.5 Å². The van der Waals surface area contributed by atoms with E-state index in [1.807, 2.05) is 0 Å². The standard InChI is InChI=1S/C34H24F5N2O5P/c1-46-34(44)29-30(37)27(28(33(42)43)31(38)32(29)39)26-22-9-7-19(40-13-17(35)14-40)11-24(22)47(45,21-5-3-2-4-6-21)25-12-20(8-10-23(25)26)41-15-18(36)16-41/h2-12,17-18H,13-16H2,1H3/p+1. The van der Waals surface area contributed by atoms with Gasteiger partial charge in [-0.15, -0.1) is 0 Å². The molecule has 2 fully saturated rings. The summed E-state index contributed by atoms with van der Waals surface area (Å²) in [7, 11) is -3.11. The van der Waals surface area contributed by atoms with E-state index in [1.54, 1.807) is 64.1 Å². The van der Waals surface area contributed by atoms with E-state index in [0.717, 1.165) is 7.11 Å². The number of carbonyl (C=O) groups is 2. The van der Waals surface area contributed by atoms with Crippen molar-refractivity contribution < 1.29 is 50.5 Å². The van der Waals surface area contributed by atoms with E-state index in [4.69, 9.17) is 0 Å². The van der Waals surface area contributed by atoms with Crippen LogP contribution in [0.4, 0.5) is 27.6 Å². The van der Waals surface area contributed by atoms with Gasteiger partial charge in [-0.3, -0.25) is 0 Å². The third kappa shape index (κ3) is 4.60. The third-order valence-electron chi connectivity index (χ3n) is 8.88. The summed E-state index contributed by atoms with van der Waals surface area (Å²) in [5.41, 5.74) is -2.98. The molecule has 7 nitrogen and oxygen atoms in total. The van der Waals surface area contributed by atoms with Crippen molar-refractivity contribution in [3.05, 3.63) is 117 Å². The van der Waals surface area contributed by atoms with Crippen molar-refractivity contribution in [3.8, 4) is 0 Å². The van der Waals surface area contributed by atoms with E-state index in [2.05, 4.69) is 4.74 Å². The number of carboxylic acids is 1. The van der Waals surface area contributed by atoms with Gasteiger partial charge in [0.15, 0.2) is 31.9 Å². The maximum Gasteiger partial charge on any atom is 0.344 e. The van der Waals surface area contributed by atoms with Crippen molar-refractivity contribution >= 4 is 46.7 Å². The van der Waals surface area contributed by atoms with Gasteiger partial charge >= 0.3 is 11.9 Å². The summed E-state index contributed by atoms with van der Waals surface area (Å²) in [6, 6.07) is 12.9. The molecule has 0 spiro atoms. The van der Waals surface area contributed by atoms with Crippen LogP contribution >= 0.6 is 7.14 Å². The highest BCUT2D eigenvalue weighted by atomic mass is 31.2. The molecule has 0 amide bonds. The average Bonchev–Trinajstić information content (AvgIpc) is 3.04. The van der Waals surface area contributed by atoms with Crippen LogP contribution in [-0.2, 0) is 9.30 Å². The number of hydrogen-bond acceptors (Lipinski definition) is 5. The summed E-state index contributed by atoms with van der Waals surface area (Å²) in [6.45, 7) is 0.256. The predicted molar refractivity (Wildman–Crippen MR) is 165 cm³/mol. The van der Waals surface area contributed by atoms with Gasteiger partial charge in [-0.25, -0.2) is 36.1 Å². The smallest absolute Gasteiger partial charge is 0.344 e. The van der Waals surface area contributed by atoms with Crippen LogP contribution in [0.3, 0.4) is 0 Å². The highest BCUT2D eigenvalue weighted by Gasteiger charge is 2.46. The van der Waals surface area contributed by atoms with E-state index < -0.39 is 65.6 Å². The van der Waals surface area contributed by atoms with Gasteiger partial charge in [0.2, 0.25) is 11.9 Å². The second kappa shape index (κ2) is 11.2. The number of methoxy groups -OCH3 is 1. The van der Waals surface area contributed by atoms with Crippen LogP contribution in [-0.4, -0.2) is 73.0 Å². The number of allylic oxidation sites excluding steroid dienone is 5. The van der Waals surface area contributed by atoms with Gasteiger partial charge < -0.3 is 19.3 Å². The highest BCUT2D eigenvalue weighted by molar-refractivity contribution is 7.83. The molecule has 240 valence electrons. The Labute approximate surface area is 265 Å². The Morgan fingerprint density at radius 1 is 0.936 bits per heavy atom. The van der Waals surface area contributed by atoms with Gasteiger partial charge in [-0.1, -0.05) is 36.4 Å². The molecule has 1 N–H and O–H groups in total. The second-order valence-electron chi connectivity index (χ2n) is 11.6. The Morgan fingerprint density at radius 2 is 1.62 bits per heavy atom. The van der Waals surface area contributed by atoms with Crippen molar-refractivity contribution in [2.45, 2.75) is 12.3 Å². The summed E-state index contributed by atoms with van der Waals surface area (Å²) in [6.07, 6.45) is 2.38. The molecule has 3 aromatic carbocycles. The molecule has 13 heteroatoms. The molecule has 0 bridgehead atoms. The largest absolute Gasteiger partial charge is 0.478 e. The van der Waals surface area contributed by atoms with Gasteiger partial charge in [0, 0.05) is 44.9 Å². The first-order valence-electron chi connectivity index (χ1n) is 14.6. The fourth-order valence-electron chi connectivity index (χ4n) is 6.49. The Bertz CT molecular complexity index is 2080. The Balaban J connectivity index is 1.63. The van der Waals surface area contributed by atoms with Crippen LogP contribution in [0.15, 0.2) is 77.6 Å². The lowest BCUT2D eigenvalue weighted by molar-refractivity contribution is -0.599. The number of alkyl halides is 2. The molecule has 1 unspecified atom stereocenters. The molecule has 4 aliphatic rings. The molecular formula is C34H25F5N2O5P+. The fourth-order valence-corrected chi connectivity index (χ4v) is 9.57. The highest BCUT2D eigenvalue weighted by Crippen LogP contribution is 2.62. The van der Waals surface area contributed by atoms with Crippen molar-refractivity contribution in [2.24, 2.45) is 0 Å². The minimum Gasteiger partial charge on any atom is -0.478 e. The number of rotatable bonds is 5. The van der Waals surface area contributed by atoms with Crippen molar-refractivity contribution in [1.29, 1.82) is 0 Å². The number of halogens is 5. The number of nitrogens with zero attached hydrogens (tertiary/aromatic N) is 2. The first-order valence-corrected chi connectivity index (χ1v) is 16.3. The Morgan fingerprint density at radius 3 is 2.23 bits per heavy atom. The lowest BCUT2D eigenvalue weighted by atomic mass is 9.85. The summed E-state index contributed by atoms with van der Waals surface area (Å²) in [5, 5.41) is 10.7. The minimum absolute atomic E-state index is 0.0366. The number of hydrogen-bond donors (Lipinski definition) is 1. The molecule has 3 aliphatic heterocycles. The maximum absolute atomic E-state index is 16.5. The monoisotopic (exact) mass is 667 g/mol. The van der Waals surface area contributed by atoms with Gasteiger partial charge in [-0.05, 0) is 29.3 Å². The summed E-state index contributed by atoms with van der Waals surface area (Å²) < 4.78 is 97.1. The number of anilines is 1. The zero-order valence-corrected chi connectivity index (χ0v) is 25.5.